The molecule has 17 heteroatoms. The maximum absolute atomic E-state index is 15.1. The zero-order chi connectivity index (χ0) is 44.2. The van der Waals surface area contributed by atoms with Crippen LogP contribution in [0.1, 0.15) is 113 Å². The van der Waals surface area contributed by atoms with Crippen LogP contribution in [0.3, 0.4) is 0 Å². The summed E-state index contributed by atoms with van der Waals surface area (Å²) in [6, 6.07) is 8.63. The van der Waals surface area contributed by atoms with Crippen LogP contribution < -0.4 is 15.1 Å². The molecule has 0 saturated carbocycles. The van der Waals surface area contributed by atoms with Crippen LogP contribution in [0.15, 0.2) is 30.3 Å². The summed E-state index contributed by atoms with van der Waals surface area (Å²) in [6.07, 6.45) is 3.06. The second-order valence-corrected chi connectivity index (χ2v) is 18.6. The van der Waals surface area contributed by atoms with E-state index in [-0.39, 0.29) is 47.2 Å². The maximum atomic E-state index is 15.1. The second kappa shape index (κ2) is 17.5. The van der Waals surface area contributed by atoms with Gasteiger partial charge >= 0.3 is 0 Å². The number of anilines is 3. The van der Waals surface area contributed by atoms with Crippen molar-refractivity contribution in [3.8, 4) is 0 Å². The van der Waals surface area contributed by atoms with E-state index < -0.39 is 18.4 Å². The van der Waals surface area contributed by atoms with Crippen LogP contribution >= 0.6 is 0 Å². The molecule has 4 saturated heterocycles. The van der Waals surface area contributed by atoms with Gasteiger partial charge in [0.05, 0.1) is 18.2 Å². The molecule has 64 heavy (non-hydrogen) atoms. The number of fused-ring (bicyclic) bond motifs is 3. The van der Waals surface area contributed by atoms with Gasteiger partial charge in [-0.15, -0.1) is 0 Å². The fraction of sp³-hybridized carbons (Fsp3) is 0.574. The van der Waals surface area contributed by atoms with Crippen molar-refractivity contribution < 1.29 is 37.5 Å². The number of amides is 5. The van der Waals surface area contributed by atoms with Crippen molar-refractivity contribution in [1.29, 1.82) is 0 Å². The van der Waals surface area contributed by atoms with Gasteiger partial charge in [0.1, 0.15) is 6.04 Å². The molecule has 7 aliphatic heterocycles. The summed E-state index contributed by atoms with van der Waals surface area (Å²) in [7, 11) is 0. The van der Waals surface area contributed by atoms with Gasteiger partial charge in [0.25, 0.3) is 18.2 Å². The first-order valence-electron chi connectivity index (χ1n) is 23.2. The Morgan fingerprint density at radius 3 is 2.36 bits per heavy atom. The third-order valence-corrected chi connectivity index (χ3v) is 14.8. The predicted molar refractivity (Wildman–Crippen MR) is 233 cm³/mol. The van der Waals surface area contributed by atoms with Crippen LogP contribution in [-0.2, 0) is 45.1 Å². The Morgan fingerprint density at radius 1 is 0.844 bits per heavy atom. The summed E-state index contributed by atoms with van der Waals surface area (Å²) in [6.45, 7) is 9.84. The number of halogens is 2. The van der Waals surface area contributed by atoms with Gasteiger partial charge in [-0.25, -0.2) is 8.78 Å². The number of aromatic nitrogens is 2. The summed E-state index contributed by atoms with van der Waals surface area (Å²) < 4.78 is 37.9. The first-order valence-corrected chi connectivity index (χ1v) is 23.2. The van der Waals surface area contributed by atoms with Gasteiger partial charge in [-0.3, -0.25) is 38.9 Å². The van der Waals surface area contributed by atoms with Gasteiger partial charge in [-0.1, -0.05) is 12.1 Å². The average Bonchev–Trinajstić information content (AvgIpc) is 3.86. The molecule has 4 fully saturated rings. The number of hydrogen-bond acceptors (Lipinski definition) is 10. The van der Waals surface area contributed by atoms with E-state index in [2.05, 4.69) is 19.8 Å². The quantitative estimate of drug-likeness (QED) is 0.319. The molecule has 5 amide bonds. The van der Waals surface area contributed by atoms with Crippen molar-refractivity contribution >= 4 is 46.7 Å². The Balaban J connectivity index is 0.786. The summed E-state index contributed by atoms with van der Waals surface area (Å²) >= 11 is 0. The third-order valence-electron chi connectivity index (χ3n) is 14.8. The number of carbonyl (C=O) groups is 5. The van der Waals surface area contributed by atoms with E-state index in [0.29, 0.717) is 94.7 Å². The van der Waals surface area contributed by atoms with Crippen LogP contribution in [-0.4, -0.2) is 137 Å². The number of piperazine rings is 1. The van der Waals surface area contributed by atoms with E-state index in [1.807, 2.05) is 28.0 Å². The zero-order valence-corrected chi connectivity index (χ0v) is 36.5. The Labute approximate surface area is 371 Å². The molecule has 1 unspecified atom stereocenters. The standard InChI is InChI=1S/C47H57F2N9O6/c1-29(59)55-17-11-37-36(28-55)44(51-58(37)33-12-22-64-23-13-33)56-14-3-5-31-24-35(34(43(48)49)25-40(31)56)46(62)54-15-9-30(10-16-54)26-52-18-20-53(21-19-52)38-6-2-4-32-27-57(47(63)42(32)38)39-7-8-41(60)50-45(39)61/h2,4,6,24-25,30,33,39,43H,3,5,7-23,26-28H2,1H3,(H,50,60,61). The van der Waals surface area contributed by atoms with E-state index >= 15 is 8.78 Å². The van der Waals surface area contributed by atoms with Gasteiger partial charge in [0, 0.05) is 132 Å². The number of rotatable bonds is 8. The first-order chi connectivity index (χ1) is 31.0. The minimum atomic E-state index is -2.84. The number of alkyl halides is 2. The lowest BCUT2D eigenvalue weighted by molar-refractivity contribution is -0.137. The molecule has 0 spiro atoms. The Morgan fingerprint density at radius 2 is 1.62 bits per heavy atom. The van der Waals surface area contributed by atoms with Gasteiger partial charge in [0.15, 0.2) is 5.82 Å². The fourth-order valence-corrected chi connectivity index (χ4v) is 11.3. The van der Waals surface area contributed by atoms with E-state index in [9.17, 15) is 24.0 Å². The average molecular weight is 882 g/mol. The largest absolute Gasteiger partial charge is 0.381 e. The number of likely N-dealkylation sites (tertiary alicyclic amines) is 1. The lowest BCUT2D eigenvalue weighted by Gasteiger charge is -2.40. The molecule has 0 radical (unpaired) electrons. The van der Waals surface area contributed by atoms with E-state index in [1.54, 1.807) is 22.8 Å². The molecule has 10 rings (SSSR count). The van der Waals surface area contributed by atoms with Crippen molar-refractivity contribution in [3.05, 3.63) is 69.4 Å². The monoisotopic (exact) mass is 881 g/mol. The molecule has 8 heterocycles. The molecule has 7 aliphatic rings. The lowest BCUT2D eigenvalue weighted by Crippen LogP contribution is -2.52. The fourth-order valence-electron chi connectivity index (χ4n) is 11.3. The van der Waals surface area contributed by atoms with Crippen LogP contribution in [0.4, 0.5) is 26.0 Å². The molecule has 0 aliphatic carbocycles. The lowest BCUT2D eigenvalue weighted by atomic mass is 9.92. The van der Waals surface area contributed by atoms with Crippen LogP contribution in [0.25, 0.3) is 0 Å². The van der Waals surface area contributed by atoms with Crippen molar-refractivity contribution in [2.24, 2.45) is 5.92 Å². The highest BCUT2D eigenvalue weighted by molar-refractivity contribution is 6.08. The number of nitrogens with one attached hydrogen (secondary N) is 1. The molecule has 2 aromatic carbocycles. The van der Waals surface area contributed by atoms with Gasteiger partial charge in [-0.05, 0) is 80.2 Å². The summed E-state index contributed by atoms with van der Waals surface area (Å²) in [5.74, 6) is -0.167. The smallest absolute Gasteiger partial charge is 0.264 e. The normalized spacial score (nSPS) is 22.5. The third kappa shape index (κ3) is 7.92. The summed E-state index contributed by atoms with van der Waals surface area (Å²) in [5, 5.41) is 7.56. The molecule has 1 N–H and O–H groups in total. The molecular formula is C47H57F2N9O6. The van der Waals surface area contributed by atoms with Crippen molar-refractivity contribution in [1.82, 2.24) is 34.7 Å². The molecule has 0 bridgehead atoms. The minimum Gasteiger partial charge on any atom is -0.381 e. The van der Waals surface area contributed by atoms with Crippen LogP contribution in [0.2, 0.25) is 0 Å². The SMILES string of the molecule is CC(=O)N1CCc2c(c(N3CCCc4cc(C(=O)N5CCC(CN6CCN(c7cccc8c7C(=O)N(C7CCC(=O)NC7=O)C8)CC6)CC5)c(C(F)F)cc43)nn2C2CCOCC2)C1. The Hall–Kier alpha value is -5.42. The minimum absolute atomic E-state index is 0.00507. The van der Waals surface area contributed by atoms with Crippen molar-refractivity contribution in [2.45, 2.75) is 96.3 Å². The number of benzene rings is 2. The van der Waals surface area contributed by atoms with Gasteiger partial charge < -0.3 is 29.2 Å². The van der Waals surface area contributed by atoms with Gasteiger partial charge in [-0.2, -0.15) is 5.10 Å². The van der Waals surface area contributed by atoms with E-state index in [4.69, 9.17) is 9.84 Å². The highest BCUT2D eigenvalue weighted by atomic mass is 19.3. The molecule has 3 aromatic rings. The maximum Gasteiger partial charge on any atom is 0.264 e. The topological polar surface area (TPSA) is 144 Å². The highest BCUT2D eigenvalue weighted by Crippen LogP contribution is 2.42. The Bertz CT molecular complexity index is 2350. The first kappa shape index (κ1) is 42.5. The predicted octanol–water partition coefficient (Wildman–Crippen LogP) is 4.60. The van der Waals surface area contributed by atoms with Crippen LogP contribution in [0.5, 0.6) is 0 Å². The molecule has 340 valence electrons. The number of imide groups is 1. The number of nitrogens with zero attached hydrogens (tertiary/aromatic N) is 8. The zero-order valence-electron chi connectivity index (χ0n) is 36.5. The molecule has 15 nitrogen and oxygen atoms in total. The number of ether oxygens (including phenoxy) is 1. The van der Waals surface area contributed by atoms with Crippen LogP contribution in [0, 0.1) is 5.92 Å². The molecule has 1 aromatic heterocycles. The van der Waals surface area contributed by atoms with Crippen molar-refractivity contribution in [2.75, 3.05) is 81.9 Å². The number of aryl methyl sites for hydroxylation is 1. The van der Waals surface area contributed by atoms with E-state index in [0.717, 1.165) is 92.9 Å². The van der Waals surface area contributed by atoms with Gasteiger partial charge in [0.2, 0.25) is 17.7 Å². The Kier molecular flexibility index (Phi) is 11.6. The second-order valence-electron chi connectivity index (χ2n) is 18.6. The van der Waals surface area contributed by atoms with Crippen molar-refractivity contribution in [3.63, 3.8) is 0 Å². The summed E-state index contributed by atoms with van der Waals surface area (Å²) in [4.78, 5) is 76.7. The number of carbonyl (C=O) groups excluding carboxylic acids is 5. The molecule has 1 atom stereocenters. The molecular weight excluding hydrogens is 825 g/mol. The highest BCUT2D eigenvalue weighted by Gasteiger charge is 2.41. The number of hydrogen-bond donors (Lipinski definition) is 1. The summed E-state index contributed by atoms with van der Waals surface area (Å²) in [5.41, 5.74) is 5.83. The van der Waals surface area contributed by atoms with E-state index in [1.165, 1.54) is 6.07 Å². The number of piperidine rings is 2.